The van der Waals surface area contributed by atoms with Gasteiger partial charge in [-0.25, -0.2) is 9.98 Å². The molecule has 9 heteroatoms. The zero-order chi connectivity index (χ0) is 20.1. The van der Waals surface area contributed by atoms with Gasteiger partial charge in [-0.1, -0.05) is 13.8 Å². The van der Waals surface area contributed by atoms with E-state index in [0.29, 0.717) is 43.7 Å². The number of hydrogen-bond donors (Lipinski definition) is 2. The Labute approximate surface area is 158 Å². The number of nitrogens with zero attached hydrogens (tertiary/aromatic N) is 2. The highest BCUT2D eigenvalue weighted by Crippen LogP contribution is 2.17. The molecule has 0 aliphatic carbocycles. The Hall–Kier alpha value is -2.03. The number of hydrogen-bond acceptors (Lipinski definition) is 4. The largest absolute Gasteiger partial charge is 0.468 e. The molecule has 0 aromatic carbocycles. The SMILES string of the molecule is CCNC(=NCc1ccnc(OCC(F)(F)F)c1)NCCCOCC(C)C. The van der Waals surface area contributed by atoms with E-state index in [-0.39, 0.29) is 5.88 Å². The van der Waals surface area contributed by atoms with Crippen LogP contribution in [-0.2, 0) is 11.3 Å². The fraction of sp³-hybridized carbons (Fsp3) is 0.667. The molecule has 154 valence electrons. The van der Waals surface area contributed by atoms with Crippen molar-refractivity contribution in [3.8, 4) is 5.88 Å². The molecule has 0 bridgehead atoms. The topological polar surface area (TPSA) is 67.8 Å². The van der Waals surface area contributed by atoms with Gasteiger partial charge in [0.25, 0.3) is 0 Å². The van der Waals surface area contributed by atoms with Gasteiger partial charge in [-0.05, 0) is 30.9 Å². The van der Waals surface area contributed by atoms with Gasteiger partial charge in [0.05, 0.1) is 6.54 Å². The van der Waals surface area contributed by atoms with Crippen LogP contribution in [0.5, 0.6) is 5.88 Å². The first-order valence-electron chi connectivity index (χ1n) is 9.04. The van der Waals surface area contributed by atoms with E-state index in [0.717, 1.165) is 13.0 Å². The van der Waals surface area contributed by atoms with Crippen LogP contribution in [0.25, 0.3) is 0 Å². The van der Waals surface area contributed by atoms with E-state index in [2.05, 4.69) is 39.2 Å². The van der Waals surface area contributed by atoms with Crippen molar-refractivity contribution in [3.63, 3.8) is 0 Å². The summed E-state index contributed by atoms with van der Waals surface area (Å²) in [6, 6.07) is 3.14. The average Bonchev–Trinajstić information content (AvgIpc) is 2.60. The number of alkyl halides is 3. The van der Waals surface area contributed by atoms with Crippen LogP contribution in [0.2, 0.25) is 0 Å². The fourth-order valence-corrected chi connectivity index (χ4v) is 2.00. The molecule has 0 fully saturated rings. The molecule has 0 saturated carbocycles. The number of nitrogens with one attached hydrogen (secondary N) is 2. The van der Waals surface area contributed by atoms with Crippen molar-refractivity contribution in [1.29, 1.82) is 0 Å². The second-order valence-corrected chi connectivity index (χ2v) is 6.35. The van der Waals surface area contributed by atoms with E-state index in [9.17, 15) is 13.2 Å². The number of rotatable bonds is 11. The molecule has 0 aliphatic heterocycles. The van der Waals surface area contributed by atoms with Gasteiger partial charge in [-0.2, -0.15) is 13.2 Å². The van der Waals surface area contributed by atoms with Gasteiger partial charge in [-0.15, -0.1) is 0 Å². The Morgan fingerprint density at radius 3 is 2.74 bits per heavy atom. The van der Waals surface area contributed by atoms with Crippen LogP contribution in [0.1, 0.15) is 32.8 Å². The van der Waals surface area contributed by atoms with Crippen LogP contribution in [0.3, 0.4) is 0 Å². The van der Waals surface area contributed by atoms with Gasteiger partial charge in [0.15, 0.2) is 12.6 Å². The molecule has 1 rings (SSSR count). The van der Waals surface area contributed by atoms with E-state index in [4.69, 9.17) is 4.74 Å². The lowest BCUT2D eigenvalue weighted by atomic mass is 10.2. The summed E-state index contributed by atoms with van der Waals surface area (Å²) in [6.45, 7) is 7.92. The highest BCUT2D eigenvalue weighted by atomic mass is 19.4. The van der Waals surface area contributed by atoms with Crippen molar-refractivity contribution in [2.45, 2.75) is 39.9 Å². The van der Waals surface area contributed by atoms with Crippen molar-refractivity contribution in [2.75, 3.05) is 32.9 Å². The molecule has 0 unspecified atom stereocenters. The summed E-state index contributed by atoms with van der Waals surface area (Å²) >= 11 is 0. The van der Waals surface area contributed by atoms with Gasteiger partial charge < -0.3 is 20.1 Å². The van der Waals surface area contributed by atoms with Gasteiger partial charge in [0, 0.05) is 38.6 Å². The van der Waals surface area contributed by atoms with E-state index in [1.165, 1.54) is 12.3 Å². The summed E-state index contributed by atoms with van der Waals surface area (Å²) in [5.74, 6) is 1.08. The normalized spacial score (nSPS) is 12.3. The minimum Gasteiger partial charge on any atom is -0.468 e. The molecule has 0 atom stereocenters. The number of halogens is 3. The van der Waals surface area contributed by atoms with Crippen molar-refractivity contribution in [2.24, 2.45) is 10.9 Å². The molecule has 6 nitrogen and oxygen atoms in total. The maximum absolute atomic E-state index is 12.2. The summed E-state index contributed by atoms with van der Waals surface area (Å²) in [7, 11) is 0. The van der Waals surface area contributed by atoms with Crippen molar-refractivity contribution in [1.82, 2.24) is 15.6 Å². The number of aromatic nitrogens is 1. The summed E-state index contributed by atoms with van der Waals surface area (Å²) < 4.78 is 46.8. The number of guanidine groups is 1. The molecule has 0 aliphatic rings. The van der Waals surface area contributed by atoms with Gasteiger partial charge in [-0.3, -0.25) is 0 Å². The molecule has 27 heavy (non-hydrogen) atoms. The predicted octanol–water partition coefficient (Wildman–Crippen LogP) is 3.14. The number of aliphatic imine (C=N–C) groups is 1. The molecule has 0 amide bonds. The van der Waals surface area contributed by atoms with Crippen molar-refractivity contribution in [3.05, 3.63) is 23.9 Å². The maximum atomic E-state index is 12.2. The number of pyridine rings is 1. The second kappa shape index (κ2) is 12.4. The first kappa shape index (κ1) is 23.0. The third-order valence-corrected chi connectivity index (χ3v) is 3.16. The molecule has 1 aromatic rings. The first-order valence-corrected chi connectivity index (χ1v) is 9.04. The van der Waals surface area contributed by atoms with E-state index >= 15 is 0 Å². The van der Waals surface area contributed by atoms with Crippen LogP contribution >= 0.6 is 0 Å². The Kier molecular flexibility index (Phi) is 10.5. The molecule has 1 heterocycles. The van der Waals surface area contributed by atoms with Gasteiger partial charge in [0.2, 0.25) is 5.88 Å². The molecule has 2 N–H and O–H groups in total. The van der Waals surface area contributed by atoms with E-state index in [1.807, 2.05) is 6.92 Å². The molecule has 0 radical (unpaired) electrons. The Morgan fingerprint density at radius 1 is 1.30 bits per heavy atom. The van der Waals surface area contributed by atoms with Crippen molar-refractivity contribution < 1.29 is 22.6 Å². The number of ether oxygens (including phenoxy) is 2. The molecule has 0 saturated heterocycles. The molecular weight excluding hydrogens is 361 g/mol. The van der Waals surface area contributed by atoms with Gasteiger partial charge in [0.1, 0.15) is 0 Å². The zero-order valence-corrected chi connectivity index (χ0v) is 16.1. The Bertz CT molecular complexity index is 566. The third-order valence-electron chi connectivity index (χ3n) is 3.16. The van der Waals surface area contributed by atoms with Crippen LogP contribution in [0, 0.1) is 5.92 Å². The van der Waals surface area contributed by atoms with Gasteiger partial charge >= 0.3 is 6.18 Å². The fourth-order valence-electron chi connectivity index (χ4n) is 2.00. The maximum Gasteiger partial charge on any atom is 0.422 e. The van der Waals surface area contributed by atoms with Crippen LogP contribution in [0.4, 0.5) is 13.2 Å². The molecule has 1 aromatic heterocycles. The van der Waals surface area contributed by atoms with Crippen LogP contribution < -0.4 is 15.4 Å². The summed E-state index contributed by atoms with van der Waals surface area (Å²) in [5, 5.41) is 6.33. The first-order chi connectivity index (χ1) is 12.8. The Morgan fingerprint density at radius 2 is 2.07 bits per heavy atom. The standard InChI is InChI=1S/C18H29F3N4O2/c1-4-22-17(24-7-5-9-26-12-14(2)3)25-11-15-6-8-23-16(10-15)27-13-18(19,20)21/h6,8,10,14H,4-5,7,9,11-13H2,1-3H3,(H2,22,24,25). The minimum atomic E-state index is -4.39. The van der Waals surface area contributed by atoms with E-state index in [1.54, 1.807) is 6.07 Å². The molecular formula is C18H29F3N4O2. The minimum absolute atomic E-state index is 0.0692. The van der Waals surface area contributed by atoms with Crippen molar-refractivity contribution >= 4 is 5.96 Å². The zero-order valence-electron chi connectivity index (χ0n) is 16.1. The lowest BCUT2D eigenvalue weighted by Crippen LogP contribution is -2.38. The lowest BCUT2D eigenvalue weighted by molar-refractivity contribution is -0.154. The highest BCUT2D eigenvalue weighted by Gasteiger charge is 2.28. The average molecular weight is 390 g/mol. The highest BCUT2D eigenvalue weighted by molar-refractivity contribution is 5.79. The predicted molar refractivity (Wildman–Crippen MR) is 98.9 cm³/mol. The quantitative estimate of drug-likeness (QED) is 0.345. The summed E-state index contributed by atoms with van der Waals surface area (Å²) in [6.07, 6.45) is -2.14. The monoisotopic (exact) mass is 390 g/mol. The summed E-state index contributed by atoms with van der Waals surface area (Å²) in [5.41, 5.74) is 0.708. The van der Waals surface area contributed by atoms with Crippen LogP contribution in [0.15, 0.2) is 23.3 Å². The second-order valence-electron chi connectivity index (χ2n) is 6.35. The third kappa shape index (κ3) is 12.1. The molecule has 0 spiro atoms. The summed E-state index contributed by atoms with van der Waals surface area (Å²) in [4.78, 5) is 8.21. The lowest BCUT2D eigenvalue weighted by Gasteiger charge is -2.12. The Balaban J connectivity index is 2.47. The van der Waals surface area contributed by atoms with E-state index < -0.39 is 12.8 Å². The smallest absolute Gasteiger partial charge is 0.422 e. The van der Waals surface area contributed by atoms with Crippen LogP contribution in [-0.4, -0.2) is 50.0 Å².